The van der Waals surface area contributed by atoms with Crippen LogP contribution >= 0.6 is 0 Å². The van der Waals surface area contributed by atoms with E-state index in [9.17, 15) is 29.7 Å². The number of ketones is 1. The van der Waals surface area contributed by atoms with Crippen molar-refractivity contribution in [2.75, 3.05) is 6.61 Å². The molecule has 1 saturated heterocycles. The Balaban J connectivity index is 0.000000237. The molecular formula is C84H57N3O11. The summed E-state index contributed by atoms with van der Waals surface area (Å²) in [7, 11) is 0. The zero-order valence-electron chi connectivity index (χ0n) is 53.9. The van der Waals surface area contributed by atoms with Gasteiger partial charge in [-0.05, 0) is 175 Å². The van der Waals surface area contributed by atoms with Crippen LogP contribution in [0.5, 0.6) is 0 Å². The second-order valence-corrected chi connectivity index (χ2v) is 21.0. The van der Waals surface area contributed by atoms with Crippen molar-refractivity contribution < 1.29 is 53.0 Å². The Kier molecular flexibility index (Phi) is 28.7. The van der Waals surface area contributed by atoms with E-state index in [0.29, 0.717) is 11.5 Å². The van der Waals surface area contributed by atoms with E-state index in [0.717, 1.165) is 43.8 Å². The maximum absolute atomic E-state index is 14.3. The summed E-state index contributed by atoms with van der Waals surface area (Å²) >= 11 is 0. The molecule has 3 heterocycles. The van der Waals surface area contributed by atoms with Crippen LogP contribution < -0.4 is 0 Å². The highest BCUT2D eigenvalue weighted by atomic mass is 16.6. The van der Waals surface area contributed by atoms with Gasteiger partial charge in [0.25, 0.3) is 5.91 Å². The Labute approximate surface area is 571 Å². The molecule has 14 nitrogen and oxygen atoms in total. The third-order valence-electron chi connectivity index (χ3n) is 13.7. The van der Waals surface area contributed by atoms with Crippen molar-refractivity contribution in [3.63, 3.8) is 0 Å². The van der Waals surface area contributed by atoms with Crippen LogP contribution in [0.2, 0.25) is 0 Å². The summed E-state index contributed by atoms with van der Waals surface area (Å²) in [5, 5.41) is 39.2. The maximum atomic E-state index is 14.3. The van der Waals surface area contributed by atoms with Crippen LogP contribution in [-0.2, 0) is 37.0 Å². The number of benzene rings is 5. The van der Waals surface area contributed by atoms with Crippen molar-refractivity contribution in [3.8, 4) is 201 Å². The number of aromatic nitrogens is 2. The zero-order chi connectivity index (χ0) is 70.4. The lowest BCUT2D eigenvalue weighted by molar-refractivity contribution is -0.175. The lowest BCUT2D eigenvalue weighted by atomic mass is 9.88. The molecule has 98 heavy (non-hydrogen) atoms. The monoisotopic (exact) mass is 1280 g/mol. The molecule has 0 aliphatic carbocycles. The Morgan fingerprint density at radius 2 is 0.806 bits per heavy atom. The summed E-state index contributed by atoms with van der Waals surface area (Å²) in [6, 6.07) is 46.9. The minimum atomic E-state index is -1.91. The van der Waals surface area contributed by atoms with Gasteiger partial charge in [0, 0.05) is 83.2 Å². The smallest absolute Gasteiger partial charge is 0.417 e. The number of carbonyl (C=O) groups excluding carboxylic acids is 3. The van der Waals surface area contributed by atoms with Gasteiger partial charge in [-0.15, -0.1) is 12.8 Å². The molecule has 1 aliphatic heterocycles. The van der Waals surface area contributed by atoms with Crippen molar-refractivity contribution >= 4 is 17.8 Å². The number of nitrogens with zero attached hydrogens (tertiary/aromatic N) is 3. The minimum Gasteiger partial charge on any atom is -0.440 e. The average Bonchev–Trinajstić information content (AvgIpc) is 1.56. The molecule has 1 aliphatic rings. The molecule has 0 unspecified atom stereocenters. The molecule has 7 aromatic rings. The van der Waals surface area contributed by atoms with Crippen molar-refractivity contribution in [1.29, 1.82) is 0 Å². The number of hydrogen-bond acceptors (Lipinski definition) is 13. The number of aliphatic hydroxyl groups excluding tert-OH is 3. The second kappa shape index (κ2) is 38.4. The van der Waals surface area contributed by atoms with Gasteiger partial charge in [0.1, 0.15) is 53.4 Å². The van der Waals surface area contributed by atoms with Gasteiger partial charge in [-0.25, -0.2) is 9.69 Å². The molecule has 5 atom stereocenters. The van der Waals surface area contributed by atoms with Gasteiger partial charge in [0.15, 0.2) is 17.0 Å². The molecule has 474 valence electrons. The molecule has 2 aromatic heterocycles. The van der Waals surface area contributed by atoms with E-state index in [-0.39, 0.29) is 24.6 Å². The lowest BCUT2D eigenvalue weighted by Gasteiger charge is -2.37. The van der Waals surface area contributed by atoms with Crippen LogP contribution in [0.25, 0.3) is 22.3 Å². The van der Waals surface area contributed by atoms with Gasteiger partial charge in [-0.1, -0.05) is 150 Å². The number of amides is 2. The van der Waals surface area contributed by atoms with E-state index in [2.05, 4.69) is 176 Å². The predicted octanol–water partition coefficient (Wildman–Crippen LogP) is 9.67. The number of cyclic esters (lactones) is 1. The fraction of sp³-hybridized carbons (Fsp3) is 0.179. The second-order valence-electron chi connectivity index (χ2n) is 21.0. The number of rotatable bonds is 16. The van der Waals surface area contributed by atoms with Gasteiger partial charge in [0.05, 0.1) is 13.2 Å². The average molecular weight is 1280 g/mol. The normalized spacial score (nSPS) is 12.9. The summed E-state index contributed by atoms with van der Waals surface area (Å²) in [6.45, 7) is 9.10. The summed E-state index contributed by atoms with van der Waals surface area (Å²) in [4.78, 5) is 40.9. The Morgan fingerprint density at radius 1 is 0.500 bits per heavy atom. The summed E-state index contributed by atoms with van der Waals surface area (Å²) in [5.74, 6) is 67.8. The number of hydrogen-bond donors (Lipinski definition) is 3. The predicted molar refractivity (Wildman–Crippen MR) is 370 cm³/mol. The fourth-order valence-electron chi connectivity index (χ4n) is 8.83. The first kappa shape index (κ1) is 73.4. The largest absolute Gasteiger partial charge is 0.440 e. The number of Topliss-reactive ketones (excluding diaryl/α,β-unsaturated/α-hetero) is 1. The van der Waals surface area contributed by atoms with Crippen LogP contribution in [0.1, 0.15) is 85.5 Å². The quantitative estimate of drug-likeness (QED) is 0.0775. The zero-order valence-corrected chi connectivity index (χ0v) is 53.9. The molecule has 3 N–H and O–H groups in total. The number of imide groups is 1. The first-order chi connectivity index (χ1) is 47.4. The molecule has 0 bridgehead atoms. The number of aryl methyl sites for hydroxylation is 2. The first-order valence-electron chi connectivity index (χ1n) is 29.4. The summed E-state index contributed by atoms with van der Waals surface area (Å²) in [5.41, 5.74) is 2.34. The number of carbonyl (C=O) groups is 3. The molecule has 5 aromatic carbocycles. The van der Waals surface area contributed by atoms with Crippen LogP contribution in [-0.4, -0.2) is 71.7 Å². The Morgan fingerprint density at radius 3 is 1.12 bits per heavy atom. The number of terminal acetylenes is 2. The summed E-state index contributed by atoms with van der Waals surface area (Å²) in [6.07, 6.45) is 6.12. The molecule has 2 amide bonds. The van der Waals surface area contributed by atoms with Gasteiger partial charge in [0.2, 0.25) is 0 Å². The first-order valence-corrected chi connectivity index (χ1v) is 29.4. The van der Waals surface area contributed by atoms with E-state index < -0.39 is 59.4 Å². The van der Waals surface area contributed by atoms with Crippen LogP contribution in [0.15, 0.2) is 161 Å². The van der Waals surface area contributed by atoms with E-state index in [1.165, 1.54) is 26.0 Å². The van der Waals surface area contributed by atoms with Gasteiger partial charge < -0.3 is 38.6 Å². The summed E-state index contributed by atoms with van der Waals surface area (Å²) < 4.78 is 27.8. The molecule has 1 fully saturated rings. The van der Waals surface area contributed by atoms with Gasteiger partial charge in [-0.3, -0.25) is 9.59 Å². The van der Waals surface area contributed by atoms with Crippen LogP contribution in [0.3, 0.4) is 0 Å². The number of ether oxygens (including phenoxy) is 3. The van der Waals surface area contributed by atoms with E-state index in [4.69, 9.17) is 36.1 Å². The Bertz CT molecular complexity index is 4890. The van der Waals surface area contributed by atoms with Crippen LogP contribution in [0, 0.1) is 192 Å². The highest BCUT2D eigenvalue weighted by Gasteiger charge is 2.58. The maximum Gasteiger partial charge on any atom is 0.417 e. The molecule has 8 rings (SSSR count). The third-order valence-corrected chi connectivity index (χ3v) is 13.7. The van der Waals surface area contributed by atoms with Crippen molar-refractivity contribution in [1.82, 2.24) is 15.2 Å². The Hall–Kier alpha value is -13.7. The van der Waals surface area contributed by atoms with Gasteiger partial charge in [-0.2, -0.15) is 0 Å². The van der Waals surface area contributed by atoms with E-state index in [1.807, 2.05) is 140 Å². The number of aliphatic hydroxyl groups is 3. The fourth-order valence-corrected chi connectivity index (χ4v) is 8.83. The SMILES string of the molecule is C#CC#CC#CC#CC#CC#CC#CC#CC#CC#CC#CC#CC#CC#CC#C.Cc1cc([C@H](O)[C@](C)(OCc2ccc(-c3ccccc3)cc2)C(=O)CO)no1.Cc1cc([C@H](O)[C@](C)(OCc2ccc(-c3ccccc3)cc2)C(=O)N2C(=O)OC(C)(C)[C@@H]2c2ccccc2)no1. The molecule has 0 saturated carbocycles. The molecular weight excluding hydrogens is 1230 g/mol. The van der Waals surface area contributed by atoms with Crippen molar-refractivity contribution in [3.05, 3.63) is 191 Å². The molecule has 14 heteroatoms. The van der Waals surface area contributed by atoms with Crippen molar-refractivity contribution in [2.45, 2.75) is 89.8 Å². The molecule has 0 radical (unpaired) electrons. The van der Waals surface area contributed by atoms with Gasteiger partial charge >= 0.3 is 6.09 Å². The standard InChI is InChI=1S/C32H32N2O6.C30H2.C22H23NO5/c1-21-19-26(33-40-21)28(35)32(4,38-20-22-15-17-24(18-16-22)23-11-7-5-8-12-23)29(36)34-27(25-13-9-6-10-14-25)31(2,3)39-30(34)37;1-3-5-7-9-11-13-15-17-19-21-23-25-27-29-30-28-26-24-22-20-18-16-14-12-10-8-6-4-2;1-15-12-19(23-28-15)21(26)22(2,20(25)13-24)27-14-16-8-10-18(11-9-16)17-6-4-3-5-7-17/h5-19,27-28,35H,20H2,1-4H3;1-2H;3-12,21,24,26H,13-14H2,1-2H3/t27-,28-,32-;;21-,22+/m0.0/s1. The highest BCUT2D eigenvalue weighted by Crippen LogP contribution is 2.44. The third kappa shape index (κ3) is 22.3. The van der Waals surface area contributed by atoms with Crippen LogP contribution in [0.4, 0.5) is 4.79 Å². The lowest BCUT2D eigenvalue weighted by Crippen LogP contribution is -2.54. The van der Waals surface area contributed by atoms with E-state index >= 15 is 0 Å². The molecule has 0 spiro atoms. The van der Waals surface area contributed by atoms with E-state index in [1.54, 1.807) is 27.7 Å². The minimum absolute atomic E-state index is 0.00646. The van der Waals surface area contributed by atoms with Crippen molar-refractivity contribution in [2.24, 2.45) is 0 Å². The highest BCUT2D eigenvalue weighted by molar-refractivity contribution is 5.99. The topological polar surface area (TPSA) is 195 Å².